The topological polar surface area (TPSA) is 121 Å². The van der Waals surface area contributed by atoms with E-state index in [-0.39, 0.29) is 13.2 Å². The van der Waals surface area contributed by atoms with Crippen molar-refractivity contribution in [2.24, 2.45) is 0 Å². The Morgan fingerprint density at radius 2 is 0.548 bits per heavy atom. The van der Waals surface area contributed by atoms with Crippen LogP contribution in [-0.4, -0.2) is 55.3 Å². The number of ether oxygens (including phenoxy) is 4. The maximum absolute atomic E-state index is 14.4. The fourth-order valence-electron chi connectivity index (χ4n) is 11.0. The lowest BCUT2D eigenvalue weighted by atomic mass is 9.84. The zero-order chi connectivity index (χ0) is 51.6. The van der Waals surface area contributed by atoms with Crippen LogP contribution in [0.25, 0.3) is 54.1 Å². The molecule has 0 unspecified atom stereocenters. The molecule has 0 spiro atoms. The van der Waals surface area contributed by atoms with Crippen molar-refractivity contribution in [1.82, 2.24) is 4.98 Å². The Kier molecular flexibility index (Phi) is 24.9. The average Bonchev–Trinajstić information content (AvgIpc) is 3.79. The number of carbonyl (C=O) groups is 4. The first-order chi connectivity index (χ1) is 35.9. The van der Waals surface area contributed by atoms with Gasteiger partial charge in [-0.3, -0.25) is 0 Å². The summed E-state index contributed by atoms with van der Waals surface area (Å²) >= 11 is 0. The second kappa shape index (κ2) is 31.7. The fraction of sp³-hybridized carbons (Fsp3) is 0.625. The minimum atomic E-state index is -0.492. The van der Waals surface area contributed by atoms with Crippen molar-refractivity contribution in [3.63, 3.8) is 0 Å². The first-order valence-electron chi connectivity index (χ1n) is 29.6. The maximum atomic E-state index is 14.4. The molecule has 0 saturated carbocycles. The van der Waals surface area contributed by atoms with E-state index in [9.17, 15) is 19.2 Å². The Hall–Kier alpha value is -4.92. The molecular formula is C64H91NO8. The minimum Gasteiger partial charge on any atom is -0.462 e. The largest absolute Gasteiger partial charge is 0.462 e. The van der Waals surface area contributed by atoms with E-state index in [0.29, 0.717) is 57.3 Å². The molecule has 1 N–H and O–H groups in total. The summed E-state index contributed by atoms with van der Waals surface area (Å²) < 4.78 is 24.1. The van der Waals surface area contributed by atoms with E-state index >= 15 is 0 Å². The van der Waals surface area contributed by atoms with Crippen LogP contribution >= 0.6 is 0 Å². The van der Waals surface area contributed by atoms with Crippen LogP contribution in [-0.2, 0) is 18.9 Å². The maximum Gasteiger partial charge on any atom is 0.338 e. The molecule has 0 amide bonds. The van der Waals surface area contributed by atoms with Gasteiger partial charge >= 0.3 is 23.9 Å². The van der Waals surface area contributed by atoms with Gasteiger partial charge in [-0.2, -0.15) is 0 Å². The monoisotopic (exact) mass is 1000 g/mol. The van der Waals surface area contributed by atoms with Gasteiger partial charge in [0.2, 0.25) is 0 Å². The number of aromatic nitrogens is 1. The number of nitrogens with one attached hydrogen (secondary N) is 1. The lowest BCUT2D eigenvalue weighted by molar-refractivity contribution is 0.0483. The molecule has 5 aromatic carbocycles. The molecule has 0 atom stereocenters. The number of esters is 4. The predicted octanol–water partition coefficient (Wildman–Crippen LogP) is 18.8. The van der Waals surface area contributed by atoms with Gasteiger partial charge in [-0.15, -0.1) is 0 Å². The molecule has 0 fully saturated rings. The van der Waals surface area contributed by atoms with Crippen molar-refractivity contribution in [2.75, 3.05) is 26.4 Å². The Morgan fingerprint density at radius 1 is 0.301 bits per heavy atom. The van der Waals surface area contributed by atoms with E-state index in [0.717, 1.165) is 109 Å². The summed E-state index contributed by atoms with van der Waals surface area (Å²) in [5.41, 5.74) is 2.56. The number of hydrogen-bond donors (Lipinski definition) is 1. The van der Waals surface area contributed by atoms with Crippen molar-refractivity contribution in [2.45, 2.75) is 233 Å². The summed E-state index contributed by atoms with van der Waals surface area (Å²) in [6, 6.07) is 11.0. The normalized spacial score (nSPS) is 11.8. The molecule has 1 heterocycles. The third-order valence-electron chi connectivity index (χ3n) is 15.2. The van der Waals surface area contributed by atoms with Crippen LogP contribution in [0.4, 0.5) is 0 Å². The smallest absolute Gasteiger partial charge is 0.338 e. The van der Waals surface area contributed by atoms with E-state index in [1.165, 1.54) is 128 Å². The zero-order valence-corrected chi connectivity index (χ0v) is 45.7. The van der Waals surface area contributed by atoms with E-state index in [1.54, 1.807) is 24.3 Å². The molecule has 0 aliphatic rings. The van der Waals surface area contributed by atoms with Gasteiger partial charge in [0.1, 0.15) is 0 Å². The fourth-order valence-corrected chi connectivity index (χ4v) is 11.0. The highest BCUT2D eigenvalue weighted by atomic mass is 16.5. The summed E-state index contributed by atoms with van der Waals surface area (Å²) in [7, 11) is 0. The second-order valence-corrected chi connectivity index (χ2v) is 21.1. The molecule has 0 bridgehead atoms. The van der Waals surface area contributed by atoms with Gasteiger partial charge in [0.15, 0.2) is 0 Å². The number of aromatic amines is 1. The van der Waals surface area contributed by atoms with Crippen LogP contribution in [0, 0.1) is 0 Å². The summed E-state index contributed by atoms with van der Waals surface area (Å²) in [4.78, 5) is 61.0. The van der Waals surface area contributed by atoms with Crippen molar-refractivity contribution >= 4 is 78.0 Å². The van der Waals surface area contributed by atoms with Gasteiger partial charge in [-0.05, 0) is 60.7 Å². The summed E-state index contributed by atoms with van der Waals surface area (Å²) in [6.45, 7) is 10.1. The molecule has 0 aliphatic carbocycles. The van der Waals surface area contributed by atoms with Gasteiger partial charge in [-0.25, -0.2) is 19.2 Å². The van der Waals surface area contributed by atoms with Crippen LogP contribution in [0.5, 0.6) is 0 Å². The van der Waals surface area contributed by atoms with Gasteiger partial charge in [0, 0.05) is 43.4 Å². The van der Waals surface area contributed by atoms with E-state index in [2.05, 4.69) is 32.7 Å². The Balaban J connectivity index is 1.35. The van der Waals surface area contributed by atoms with Crippen molar-refractivity contribution in [3.8, 4) is 0 Å². The third kappa shape index (κ3) is 16.0. The molecule has 1 aromatic heterocycles. The second-order valence-electron chi connectivity index (χ2n) is 21.1. The summed E-state index contributed by atoms with van der Waals surface area (Å²) in [5.74, 6) is -1.93. The SMILES string of the molecule is CCCCCCCCCCOC(=O)c1ccc2c3ccc(C(=O)OCCCCCCCCCC)c4c(C(=O)OCCCCCCCCCC)cc5[nH]c6cc(C(=O)OCCCCCCCCCC)c1c2c6c5c43. The number of unbranched alkanes of at least 4 members (excludes halogenated alkanes) is 28. The van der Waals surface area contributed by atoms with E-state index in [4.69, 9.17) is 18.9 Å². The molecule has 0 radical (unpaired) electrons. The number of benzene rings is 5. The molecule has 0 aliphatic heterocycles. The Bertz CT molecular complexity index is 2410. The highest BCUT2D eigenvalue weighted by molar-refractivity contribution is 6.44. The summed E-state index contributed by atoms with van der Waals surface area (Å²) in [6.07, 6.45) is 36.1. The molecule has 0 saturated heterocycles. The van der Waals surface area contributed by atoms with E-state index < -0.39 is 23.9 Å². The number of fused-ring (bicyclic) bond motifs is 1. The Morgan fingerprint density at radius 3 is 0.822 bits per heavy atom. The predicted molar refractivity (Wildman–Crippen MR) is 302 cm³/mol. The lowest BCUT2D eigenvalue weighted by Gasteiger charge is -2.19. The average molecular weight is 1000 g/mol. The highest BCUT2D eigenvalue weighted by Crippen LogP contribution is 2.49. The lowest BCUT2D eigenvalue weighted by Crippen LogP contribution is -2.13. The number of hydrogen-bond acceptors (Lipinski definition) is 8. The molecule has 9 nitrogen and oxygen atoms in total. The number of rotatable bonds is 40. The zero-order valence-electron chi connectivity index (χ0n) is 45.7. The van der Waals surface area contributed by atoms with Crippen LogP contribution in [0.15, 0.2) is 36.4 Å². The number of carbonyl (C=O) groups excluding carboxylic acids is 4. The standard InChI is InChI=1S/C64H91NO8/c1-5-9-13-17-21-25-29-33-41-70-61(66)49-39-37-47-48-38-40-50(62(67)71-42-34-30-26-22-18-14-10-6-2)56-52(64(69)73-44-36-32-28-24-20-16-12-8-4)46-54-60(58(48)56)59-53(65-54)45-51(55(49)57(47)59)63(68)72-43-35-31-27-23-19-15-11-7-3/h37-40,45-46,65H,5-36,41-44H2,1-4H3. The first kappa shape index (κ1) is 57.4. The van der Waals surface area contributed by atoms with Crippen molar-refractivity contribution < 1.29 is 38.1 Å². The molecule has 6 rings (SSSR count). The number of H-pyrrole nitrogens is 1. The van der Waals surface area contributed by atoms with Crippen LogP contribution in [0.2, 0.25) is 0 Å². The molecule has 73 heavy (non-hydrogen) atoms. The Labute approximate surface area is 437 Å². The summed E-state index contributed by atoms with van der Waals surface area (Å²) in [5, 5.41) is 5.69. The molecule has 6 aromatic rings. The minimum absolute atomic E-state index is 0.281. The van der Waals surface area contributed by atoms with Gasteiger partial charge in [-0.1, -0.05) is 220 Å². The van der Waals surface area contributed by atoms with Gasteiger partial charge in [0.05, 0.1) is 48.7 Å². The highest BCUT2D eigenvalue weighted by Gasteiger charge is 2.31. The molecule has 400 valence electrons. The van der Waals surface area contributed by atoms with Gasteiger partial charge < -0.3 is 23.9 Å². The van der Waals surface area contributed by atoms with Crippen LogP contribution in [0.1, 0.15) is 275 Å². The van der Waals surface area contributed by atoms with Crippen LogP contribution in [0.3, 0.4) is 0 Å². The quantitative estimate of drug-likeness (QED) is 0.0133. The van der Waals surface area contributed by atoms with Crippen molar-refractivity contribution in [3.05, 3.63) is 58.7 Å². The molecular weight excluding hydrogens is 911 g/mol. The van der Waals surface area contributed by atoms with E-state index in [1.807, 2.05) is 12.1 Å². The van der Waals surface area contributed by atoms with Crippen LogP contribution < -0.4 is 0 Å². The molecule has 9 heteroatoms. The van der Waals surface area contributed by atoms with Crippen molar-refractivity contribution in [1.29, 1.82) is 0 Å². The first-order valence-corrected chi connectivity index (χ1v) is 29.6. The van der Waals surface area contributed by atoms with Gasteiger partial charge in [0.25, 0.3) is 0 Å². The third-order valence-corrected chi connectivity index (χ3v) is 15.2.